The van der Waals surface area contributed by atoms with Crippen molar-refractivity contribution in [2.24, 2.45) is 5.41 Å². The highest BCUT2D eigenvalue weighted by molar-refractivity contribution is 6.17. The van der Waals surface area contributed by atoms with Crippen molar-refractivity contribution in [2.45, 2.75) is 26.2 Å². The molecule has 3 heteroatoms. The number of benzene rings is 1. The topological polar surface area (TPSA) is 46.5 Å². The Bertz CT molecular complexity index is 755. The third-order valence-electron chi connectivity index (χ3n) is 4.38. The van der Waals surface area contributed by atoms with Crippen LogP contribution in [0.1, 0.15) is 26.2 Å². The largest absolute Gasteiger partial charge is 0.370 e. The molecule has 0 aliphatic heterocycles. The number of hydrogen-bond acceptors (Lipinski definition) is 3. The second kappa shape index (κ2) is 5.34. The number of allylic oxidation sites excluding steroid dienone is 4. The Morgan fingerprint density at radius 1 is 1.24 bits per heavy atom. The van der Waals surface area contributed by atoms with Crippen LogP contribution in [0.4, 0.5) is 0 Å². The van der Waals surface area contributed by atoms with Crippen LogP contribution in [-0.4, -0.2) is 11.2 Å². The molecular weight excluding hydrogens is 264 g/mol. The molecule has 0 spiro atoms. The zero-order valence-electron chi connectivity index (χ0n) is 12.0. The minimum atomic E-state index is -0.659. The van der Waals surface area contributed by atoms with Gasteiger partial charge in [-0.1, -0.05) is 68.3 Å². The van der Waals surface area contributed by atoms with Gasteiger partial charge in [0.15, 0.2) is 0 Å². The molecular formula is C18H18O3. The lowest BCUT2D eigenvalue weighted by atomic mass is 9.70. The maximum absolute atomic E-state index is 12.2. The van der Waals surface area contributed by atoms with Crippen LogP contribution >= 0.6 is 0 Å². The van der Waals surface area contributed by atoms with Crippen LogP contribution in [0.15, 0.2) is 48.6 Å². The Hall–Kier alpha value is -2.13. The zero-order chi connectivity index (χ0) is 14.9. The summed E-state index contributed by atoms with van der Waals surface area (Å²) < 4.78 is 0. The standard InChI is InChI=1S/C18H18O3/c1-2-3-11-18-12-7-6-10-15(18)13-8-4-5-9-14(13)16(18)17(19)21-20/h4-10,12,20H,2-3,11H2,1H3. The number of fused-ring (bicyclic) bond motifs is 2. The molecule has 0 bridgehead atoms. The molecule has 1 N–H and O–H groups in total. The van der Waals surface area contributed by atoms with Gasteiger partial charge in [0.2, 0.25) is 0 Å². The van der Waals surface area contributed by atoms with Crippen molar-refractivity contribution in [3.63, 3.8) is 0 Å². The highest BCUT2D eigenvalue weighted by Crippen LogP contribution is 2.47. The average Bonchev–Trinajstić information content (AvgIpc) is 2.83. The van der Waals surface area contributed by atoms with Crippen molar-refractivity contribution in [3.05, 3.63) is 59.0 Å². The van der Waals surface area contributed by atoms with Crippen molar-refractivity contribution in [1.29, 1.82) is 0 Å². The summed E-state index contributed by atoms with van der Waals surface area (Å²) in [5.74, 6) is -0.659. The molecule has 21 heavy (non-hydrogen) atoms. The second-order valence-corrected chi connectivity index (χ2v) is 5.51. The first-order valence-electron chi connectivity index (χ1n) is 7.31. The molecule has 108 valence electrons. The smallest absolute Gasteiger partial charge is 0.296 e. The van der Waals surface area contributed by atoms with E-state index < -0.39 is 11.4 Å². The van der Waals surface area contributed by atoms with E-state index in [1.165, 1.54) is 0 Å². The van der Waals surface area contributed by atoms with Crippen molar-refractivity contribution >= 4 is 17.1 Å². The zero-order valence-corrected chi connectivity index (χ0v) is 12.0. The Morgan fingerprint density at radius 2 is 2.00 bits per heavy atom. The Kier molecular flexibility index (Phi) is 3.52. The first kappa shape index (κ1) is 13.8. The number of carbonyl (C=O) groups excluding carboxylic acids is 1. The minimum absolute atomic E-state index is 0.478. The molecule has 1 aromatic carbocycles. The molecule has 0 saturated carbocycles. The number of carbonyl (C=O) groups is 1. The molecule has 0 fully saturated rings. The fraction of sp³-hybridized carbons (Fsp3) is 0.278. The van der Waals surface area contributed by atoms with Gasteiger partial charge < -0.3 is 0 Å². The molecule has 3 rings (SSSR count). The SMILES string of the molecule is CCCCC12C=CC=CC1=c1ccccc1=C2C(=O)OO. The van der Waals surface area contributed by atoms with Gasteiger partial charge in [-0.3, -0.25) is 4.89 Å². The monoisotopic (exact) mass is 282 g/mol. The van der Waals surface area contributed by atoms with Gasteiger partial charge in [0.05, 0.1) is 5.57 Å². The van der Waals surface area contributed by atoms with E-state index >= 15 is 0 Å². The summed E-state index contributed by atoms with van der Waals surface area (Å²) in [6.45, 7) is 2.13. The highest BCUT2D eigenvalue weighted by atomic mass is 17.1. The molecule has 3 nitrogen and oxygen atoms in total. The van der Waals surface area contributed by atoms with E-state index in [9.17, 15) is 4.79 Å². The summed E-state index contributed by atoms with van der Waals surface area (Å²) in [5, 5.41) is 10.8. The fourth-order valence-electron chi connectivity index (χ4n) is 3.47. The highest BCUT2D eigenvalue weighted by Gasteiger charge is 2.43. The van der Waals surface area contributed by atoms with Crippen LogP contribution in [0.3, 0.4) is 0 Å². The Morgan fingerprint density at radius 3 is 2.71 bits per heavy atom. The van der Waals surface area contributed by atoms with E-state index in [1.807, 2.05) is 36.4 Å². The van der Waals surface area contributed by atoms with Gasteiger partial charge in [-0.25, -0.2) is 4.79 Å². The molecule has 1 atom stereocenters. The number of unbranched alkanes of at least 4 members (excludes halogenated alkanes) is 1. The fourth-order valence-corrected chi connectivity index (χ4v) is 3.47. The van der Waals surface area contributed by atoms with Crippen LogP contribution in [0.25, 0.3) is 11.1 Å². The lowest BCUT2D eigenvalue weighted by molar-refractivity contribution is -0.227. The van der Waals surface area contributed by atoms with Crippen molar-refractivity contribution in [1.82, 2.24) is 0 Å². The summed E-state index contributed by atoms with van der Waals surface area (Å²) in [7, 11) is 0. The Labute approximate surface area is 123 Å². The minimum Gasteiger partial charge on any atom is -0.296 e. The lowest BCUT2D eigenvalue weighted by Crippen LogP contribution is -2.28. The maximum atomic E-state index is 12.2. The third-order valence-corrected chi connectivity index (χ3v) is 4.38. The van der Waals surface area contributed by atoms with Gasteiger partial charge in [0, 0.05) is 5.41 Å². The third kappa shape index (κ3) is 1.96. The normalized spacial score (nSPS) is 22.2. The Balaban J connectivity index is 2.34. The van der Waals surface area contributed by atoms with Gasteiger partial charge in [-0.2, -0.15) is 5.26 Å². The van der Waals surface area contributed by atoms with Crippen LogP contribution in [-0.2, 0) is 9.68 Å². The van der Waals surface area contributed by atoms with Crippen molar-refractivity contribution in [2.75, 3.05) is 0 Å². The summed E-state index contributed by atoms with van der Waals surface area (Å²) in [4.78, 5) is 16.3. The molecule has 2 aliphatic rings. The van der Waals surface area contributed by atoms with Crippen LogP contribution < -0.4 is 10.4 Å². The molecule has 1 aromatic rings. The molecule has 0 heterocycles. The van der Waals surface area contributed by atoms with Crippen LogP contribution in [0.2, 0.25) is 0 Å². The summed E-state index contributed by atoms with van der Waals surface area (Å²) in [6, 6.07) is 7.81. The molecule has 0 aromatic heterocycles. The first-order chi connectivity index (χ1) is 10.2. The van der Waals surface area contributed by atoms with Gasteiger partial charge in [-0.15, -0.1) is 0 Å². The van der Waals surface area contributed by atoms with Crippen molar-refractivity contribution in [3.8, 4) is 0 Å². The quantitative estimate of drug-likeness (QED) is 0.681. The predicted octanol–water partition coefficient (Wildman–Crippen LogP) is 2.32. The number of hydrogen-bond donors (Lipinski definition) is 1. The molecule has 1 unspecified atom stereocenters. The van der Waals surface area contributed by atoms with E-state index in [0.717, 1.165) is 35.3 Å². The van der Waals surface area contributed by atoms with Crippen LogP contribution in [0.5, 0.6) is 0 Å². The van der Waals surface area contributed by atoms with E-state index in [2.05, 4.69) is 24.0 Å². The number of rotatable bonds is 4. The predicted molar refractivity (Wildman–Crippen MR) is 81.5 cm³/mol. The summed E-state index contributed by atoms with van der Waals surface area (Å²) in [5.41, 5.74) is 1.19. The molecule has 0 saturated heterocycles. The van der Waals surface area contributed by atoms with Gasteiger partial charge in [0.25, 0.3) is 0 Å². The first-order valence-corrected chi connectivity index (χ1v) is 7.31. The molecule has 2 aliphatic carbocycles. The van der Waals surface area contributed by atoms with Gasteiger partial charge in [0.1, 0.15) is 0 Å². The molecule has 0 radical (unpaired) electrons. The van der Waals surface area contributed by atoms with E-state index in [0.29, 0.717) is 5.57 Å². The average molecular weight is 282 g/mol. The summed E-state index contributed by atoms with van der Waals surface area (Å²) >= 11 is 0. The van der Waals surface area contributed by atoms with Gasteiger partial charge >= 0.3 is 5.97 Å². The van der Waals surface area contributed by atoms with E-state index in [-0.39, 0.29) is 0 Å². The van der Waals surface area contributed by atoms with Crippen molar-refractivity contribution < 1.29 is 14.9 Å². The maximum Gasteiger partial charge on any atom is 0.370 e. The lowest BCUT2D eigenvalue weighted by Gasteiger charge is -2.32. The summed E-state index contributed by atoms with van der Waals surface area (Å²) in [6.07, 6.45) is 11.0. The van der Waals surface area contributed by atoms with E-state index in [1.54, 1.807) is 0 Å². The molecule has 0 amide bonds. The van der Waals surface area contributed by atoms with Gasteiger partial charge in [-0.05, 0) is 22.4 Å². The van der Waals surface area contributed by atoms with E-state index in [4.69, 9.17) is 5.26 Å². The van der Waals surface area contributed by atoms with Crippen LogP contribution in [0, 0.1) is 5.41 Å². The second-order valence-electron chi connectivity index (χ2n) is 5.51.